The highest BCUT2D eigenvalue weighted by molar-refractivity contribution is 5.71. The van der Waals surface area contributed by atoms with Gasteiger partial charge in [0.1, 0.15) is 18.0 Å². The van der Waals surface area contributed by atoms with E-state index in [0.29, 0.717) is 5.82 Å². The van der Waals surface area contributed by atoms with Crippen molar-refractivity contribution in [1.82, 2.24) is 9.55 Å². The second-order valence-electron chi connectivity index (χ2n) is 7.84. The molecular weight excluding hydrogens is 376 g/mol. The summed E-state index contributed by atoms with van der Waals surface area (Å²) in [7, 11) is 0. The zero-order valence-corrected chi connectivity index (χ0v) is 17.0. The lowest BCUT2D eigenvalue weighted by atomic mass is 9.75. The van der Waals surface area contributed by atoms with Gasteiger partial charge >= 0.3 is 0 Å². The standard InChI is InChI=1S/C25H26N2O3/c1-18(29)24-26-15-16-27(24)22(17-28)12-9-19-5-2-3-6-23(19)20-7-10-21(11-8-20)25(30)13-4-14-25/h2-3,5-8,10-11,15-16,18,22,28-30H,4,13-14,17H2,1H3. The lowest BCUT2D eigenvalue weighted by Crippen LogP contribution is -2.33. The van der Waals surface area contributed by atoms with E-state index in [1.54, 1.807) is 23.9 Å². The molecule has 0 saturated heterocycles. The lowest BCUT2D eigenvalue weighted by Gasteiger charge is -2.37. The first-order chi connectivity index (χ1) is 14.5. The van der Waals surface area contributed by atoms with E-state index >= 15 is 0 Å². The Balaban J connectivity index is 1.64. The Morgan fingerprint density at radius 3 is 2.50 bits per heavy atom. The number of imidazole rings is 1. The van der Waals surface area contributed by atoms with Gasteiger partial charge in [-0.05, 0) is 48.9 Å². The van der Waals surface area contributed by atoms with Gasteiger partial charge in [-0.1, -0.05) is 54.3 Å². The molecule has 5 heteroatoms. The molecule has 1 fully saturated rings. The summed E-state index contributed by atoms with van der Waals surface area (Å²) in [6.45, 7) is 1.46. The van der Waals surface area contributed by atoms with Crippen LogP contribution < -0.4 is 0 Å². The summed E-state index contributed by atoms with van der Waals surface area (Å²) in [5.74, 6) is 6.79. The Hall–Kier alpha value is -2.91. The fourth-order valence-corrected chi connectivity index (χ4v) is 3.88. The lowest BCUT2D eigenvalue weighted by molar-refractivity contribution is -0.0387. The molecule has 3 N–H and O–H groups in total. The molecule has 5 nitrogen and oxygen atoms in total. The highest BCUT2D eigenvalue weighted by Gasteiger charge is 2.35. The normalized spacial score (nSPS) is 16.8. The zero-order valence-electron chi connectivity index (χ0n) is 17.0. The minimum Gasteiger partial charge on any atom is -0.393 e. The van der Waals surface area contributed by atoms with Crippen molar-refractivity contribution in [2.75, 3.05) is 6.61 Å². The topological polar surface area (TPSA) is 78.5 Å². The summed E-state index contributed by atoms with van der Waals surface area (Å²) in [6.07, 6.45) is 5.27. The van der Waals surface area contributed by atoms with Crippen LogP contribution in [0.3, 0.4) is 0 Å². The smallest absolute Gasteiger partial charge is 0.138 e. The highest BCUT2D eigenvalue weighted by atomic mass is 16.3. The molecule has 30 heavy (non-hydrogen) atoms. The van der Waals surface area contributed by atoms with Crippen LogP contribution in [0.2, 0.25) is 0 Å². The fourth-order valence-electron chi connectivity index (χ4n) is 3.88. The minimum atomic E-state index is -0.743. The van der Waals surface area contributed by atoms with Gasteiger partial charge in [-0.2, -0.15) is 0 Å². The van der Waals surface area contributed by atoms with Crippen molar-refractivity contribution in [2.45, 2.75) is 43.9 Å². The molecule has 154 valence electrons. The van der Waals surface area contributed by atoms with Crippen LogP contribution in [0.4, 0.5) is 0 Å². The summed E-state index contributed by atoms with van der Waals surface area (Å²) in [5.41, 5.74) is 3.17. The van der Waals surface area contributed by atoms with Crippen LogP contribution in [0, 0.1) is 11.8 Å². The van der Waals surface area contributed by atoms with Crippen molar-refractivity contribution in [3.05, 3.63) is 77.9 Å². The molecule has 2 atom stereocenters. The Morgan fingerprint density at radius 2 is 1.87 bits per heavy atom. The third-order valence-corrected chi connectivity index (χ3v) is 5.80. The van der Waals surface area contributed by atoms with Crippen molar-refractivity contribution in [3.8, 4) is 23.0 Å². The SMILES string of the molecule is CC(O)c1nccn1C(C#Cc1ccccc1-c1ccc(C2(O)CCC2)cc1)CO. The first kappa shape index (κ1) is 20.4. The molecule has 4 rings (SSSR count). The summed E-state index contributed by atoms with van der Waals surface area (Å²) in [6, 6.07) is 15.4. The van der Waals surface area contributed by atoms with E-state index in [0.717, 1.165) is 41.5 Å². The molecule has 0 amide bonds. The molecule has 2 unspecified atom stereocenters. The van der Waals surface area contributed by atoms with Crippen LogP contribution in [-0.2, 0) is 5.60 Å². The Labute approximate surface area is 176 Å². The molecular formula is C25H26N2O3. The Morgan fingerprint density at radius 1 is 1.13 bits per heavy atom. The maximum Gasteiger partial charge on any atom is 0.138 e. The summed E-state index contributed by atoms with van der Waals surface area (Å²) < 4.78 is 1.70. The quantitative estimate of drug-likeness (QED) is 0.570. The maximum atomic E-state index is 10.6. The van der Waals surface area contributed by atoms with E-state index in [9.17, 15) is 15.3 Å². The number of hydrogen-bond donors (Lipinski definition) is 3. The van der Waals surface area contributed by atoms with Gasteiger partial charge in [0.15, 0.2) is 0 Å². The zero-order chi connectivity index (χ0) is 21.1. The second kappa shape index (κ2) is 8.45. The molecule has 1 aliphatic carbocycles. The third-order valence-electron chi connectivity index (χ3n) is 5.80. The van der Waals surface area contributed by atoms with Crippen molar-refractivity contribution >= 4 is 0 Å². The van der Waals surface area contributed by atoms with E-state index < -0.39 is 17.7 Å². The van der Waals surface area contributed by atoms with Gasteiger partial charge in [0, 0.05) is 18.0 Å². The largest absolute Gasteiger partial charge is 0.393 e. The average molecular weight is 402 g/mol. The molecule has 1 aromatic heterocycles. The molecule has 2 aromatic carbocycles. The minimum absolute atomic E-state index is 0.182. The molecule has 3 aromatic rings. The van der Waals surface area contributed by atoms with Crippen molar-refractivity contribution in [3.63, 3.8) is 0 Å². The fraction of sp³-hybridized carbons (Fsp3) is 0.320. The highest BCUT2D eigenvalue weighted by Crippen LogP contribution is 2.41. The molecule has 1 heterocycles. The van der Waals surface area contributed by atoms with Crippen LogP contribution in [0.25, 0.3) is 11.1 Å². The van der Waals surface area contributed by atoms with Gasteiger partial charge in [-0.15, -0.1) is 0 Å². The number of aliphatic hydroxyl groups excluding tert-OH is 2. The Bertz CT molecular complexity index is 1070. The average Bonchev–Trinajstić information content (AvgIpc) is 3.23. The molecule has 0 radical (unpaired) electrons. The second-order valence-corrected chi connectivity index (χ2v) is 7.84. The van der Waals surface area contributed by atoms with Crippen LogP contribution in [0.1, 0.15) is 55.3 Å². The summed E-state index contributed by atoms with van der Waals surface area (Å²) >= 11 is 0. The molecule has 0 spiro atoms. The first-order valence-corrected chi connectivity index (χ1v) is 10.3. The predicted octanol–water partition coefficient (Wildman–Crippen LogP) is 3.56. The van der Waals surface area contributed by atoms with E-state index in [2.05, 4.69) is 16.8 Å². The van der Waals surface area contributed by atoms with Crippen LogP contribution in [0.5, 0.6) is 0 Å². The van der Waals surface area contributed by atoms with Crippen molar-refractivity contribution in [1.29, 1.82) is 0 Å². The van der Waals surface area contributed by atoms with Gasteiger partial charge in [0.05, 0.1) is 12.2 Å². The summed E-state index contributed by atoms with van der Waals surface area (Å²) in [5, 5.41) is 30.3. The van der Waals surface area contributed by atoms with Gasteiger partial charge < -0.3 is 19.9 Å². The van der Waals surface area contributed by atoms with Gasteiger partial charge in [-0.25, -0.2) is 4.98 Å². The predicted molar refractivity (Wildman–Crippen MR) is 115 cm³/mol. The summed E-state index contributed by atoms with van der Waals surface area (Å²) in [4.78, 5) is 4.16. The molecule has 1 aliphatic rings. The number of benzene rings is 2. The van der Waals surface area contributed by atoms with E-state index in [1.165, 1.54) is 0 Å². The van der Waals surface area contributed by atoms with Gasteiger partial charge in [0.2, 0.25) is 0 Å². The van der Waals surface area contributed by atoms with Crippen LogP contribution >= 0.6 is 0 Å². The van der Waals surface area contributed by atoms with Gasteiger partial charge in [-0.3, -0.25) is 0 Å². The molecule has 0 aliphatic heterocycles. The number of aromatic nitrogens is 2. The number of aliphatic hydroxyl groups is 3. The molecule has 1 saturated carbocycles. The van der Waals surface area contributed by atoms with Crippen molar-refractivity contribution in [2.24, 2.45) is 0 Å². The van der Waals surface area contributed by atoms with Crippen LogP contribution in [-0.4, -0.2) is 31.5 Å². The van der Waals surface area contributed by atoms with Gasteiger partial charge in [0.25, 0.3) is 0 Å². The van der Waals surface area contributed by atoms with E-state index in [4.69, 9.17) is 0 Å². The number of hydrogen-bond acceptors (Lipinski definition) is 4. The molecule has 0 bridgehead atoms. The number of nitrogens with zero attached hydrogens (tertiary/aromatic N) is 2. The number of rotatable bonds is 5. The maximum absolute atomic E-state index is 10.6. The first-order valence-electron chi connectivity index (χ1n) is 10.3. The monoisotopic (exact) mass is 402 g/mol. The van der Waals surface area contributed by atoms with Crippen LogP contribution in [0.15, 0.2) is 60.9 Å². The van der Waals surface area contributed by atoms with Crippen molar-refractivity contribution < 1.29 is 15.3 Å². The third kappa shape index (κ3) is 3.90. The van der Waals surface area contributed by atoms with E-state index in [1.807, 2.05) is 48.5 Å². The Kier molecular flexibility index (Phi) is 5.74. The van der Waals surface area contributed by atoms with E-state index in [-0.39, 0.29) is 6.61 Å².